The normalized spacial score (nSPS) is 11.5. The third-order valence-electron chi connectivity index (χ3n) is 3.24. The Kier molecular flexibility index (Phi) is 7.50. The van der Waals surface area contributed by atoms with Crippen molar-refractivity contribution in [1.29, 1.82) is 0 Å². The van der Waals surface area contributed by atoms with Crippen LogP contribution >= 0.6 is 0 Å². The van der Waals surface area contributed by atoms with Crippen LogP contribution in [0, 0.1) is 0 Å². The highest BCUT2D eigenvalue weighted by Crippen LogP contribution is 2.24. The van der Waals surface area contributed by atoms with E-state index in [0.29, 0.717) is 12.0 Å². The predicted molar refractivity (Wildman–Crippen MR) is 84.3 cm³/mol. The predicted octanol–water partition coefficient (Wildman–Crippen LogP) is -0.935. The highest BCUT2D eigenvalue weighted by molar-refractivity contribution is 5.88. The van der Waals surface area contributed by atoms with Gasteiger partial charge in [0.2, 0.25) is 11.8 Å². The minimum atomic E-state index is -1.07. The summed E-state index contributed by atoms with van der Waals surface area (Å²) in [5, 5.41) is 32.3. The van der Waals surface area contributed by atoms with E-state index in [2.05, 4.69) is 10.6 Å². The minimum absolute atomic E-state index is 0.0487. The Morgan fingerprint density at radius 1 is 1.17 bits per heavy atom. The van der Waals surface area contributed by atoms with Crippen LogP contribution in [-0.4, -0.2) is 52.2 Å². The van der Waals surface area contributed by atoms with Crippen molar-refractivity contribution < 1.29 is 29.7 Å². The van der Waals surface area contributed by atoms with Crippen molar-refractivity contribution >= 4 is 17.8 Å². The SMILES string of the molecule is NCC(=O)N[C@@H](CCC(=O)O)C(=O)NCCc1ccc(O)c(O)c1. The van der Waals surface area contributed by atoms with E-state index in [-0.39, 0.29) is 37.4 Å². The highest BCUT2D eigenvalue weighted by atomic mass is 16.4. The number of aliphatic carboxylic acids is 1. The lowest BCUT2D eigenvalue weighted by Gasteiger charge is -2.17. The van der Waals surface area contributed by atoms with Gasteiger partial charge in [-0.25, -0.2) is 0 Å². The molecular weight excluding hydrogens is 318 g/mol. The molecule has 7 N–H and O–H groups in total. The molecule has 1 aromatic rings. The molecular formula is C15H21N3O6. The quantitative estimate of drug-likeness (QED) is 0.316. The topological polar surface area (TPSA) is 162 Å². The Labute approximate surface area is 138 Å². The molecule has 24 heavy (non-hydrogen) atoms. The summed E-state index contributed by atoms with van der Waals surface area (Å²) in [6.07, 6.45) is 0.0672. The zero-order valence-electron chi connectivity index (χ0n) is 13.0. The average molecular weight is 339 g/mol. The number of carboxylic acid groups (broad SMARTS) is 1. The molecule has 0 unspecified atom stereocenters. The van der Waals surface area contributed by atoms with E-state index in [4.69, 9.17) is 10.8 Å². The Balaban J connectivity index is 2.54. The van der Waals surface area contributed by atoms with E-state index < -0.39 is 23.8 Å². The van der Waals surface area contributed by atoms with Crippen LogP contribution in [-0.2, 0) is 20.8 Å². The fourth-order valence-electron chi connectivity index (χ4n) is 1.97. The summed E-state index contributed by atoms with van der Waals surface area (Å²) in [6.45, 7) is -0.0885. The molecule has 0 saturated heterocycles. The van der Waals surface area contributed by atoms with Crippen molar-refractivity contribution in [2.45, 2.75) is 25.3 Å². The van der Waals surface area contributed by atoms with Crippen molar-refractivity contribution in [3.8, 4) is 11.5 Å². The molecule has 0 radical (unpaired) electrons. The smallest absolute Gasteiger partial charge is 0.303 e. The lowest BCUT2D eigenvalue weighted by molar-refractivity contribution is -0.137. The largest absolute Gasteiger partial charge is 0.504 e. The third-order valence-corrected chi connectivity index (χ3v) is 3.24. The molecule has 0 aliphatic carbocycles. The number of nitrogens with two attached hydrogens (primary N) is 1. The van der Waals surface area contributed by atoms with E-state index in [1.807, 2.05) is 0 Å². The minimum Gasteiger partial charge on any atom is -0.504 e. The van der Waals surface area contributed by atoms with E-state index >= 15 is 0 Å². The summed E-state index contributed by atoms with van der Waals surface area (Å²) in [5.41, 5.74) is 5.87. The molecule has 0 fully saturated rings. The van der Waals surface area contributed by atoms with Crippen LogP contribution in [0.2, 0.25) is 0 Å². The molecule has 0 aliphatic rings. The van der Waals surface area contributed by atoms with Gasteiger partial charge < -0.3 is 31.7 Å². The number of carbonyl (C=O) groups excluding carboxylic acids is 2. The highest BCUT2D eigenvalue weighted by Gasteiger charge is 2.20. The number of amides is 2. The number of rotatable bonds is 9. The number of phenols is 2. The molecule has 0 heterocycles. The van der Waals surface area contributed by atoms with E-state index in [0.717, 1.165) is 0 Å². The van der Waals surface area contributed by atoms with Crippen LogP contribution in [0.5, 0.6) is 11.5 Å². The molecule has 9 heteroatoms. The molecule has 0 spiro atoms. The van der Waals surface area contributed by atoms with Gasteiger partial charge in [0.05, 0.1) is 6.54 Å². The first-order valence-electron chi connectivity index (χ1n) is 7.33. The average Bonchev–Trinajstić information content (AvgIpc) is 2.54. The maximum absolute atomic E-state index is 12.1. The monoisotopic (exact) mass is 339 g/mol. The number of hydrogen-bond donors (Lipinski definition) is 6. The van der Waals surface area contributed by atoms with Gasteiger partial charge >= 0.3 is 5.97 Å². The lowest BCUT2D eigenvalue weighted by Crippen LogP contribution is -2.49. The van der Waals surface area contributed by atoms with Gasteiger partial charge in [-0.15, -0.1) is 0 Å². The van der Waals surface area contributed by atoms with Gasteiger partial charge in [-0.3, -0.25) is 14.4 Å². The fraction of sp³-hybridized carbons (Fsp3) is 0.400. The molecule has 0 bridgehead atoms. The van der Waals surface area contributed by atoms with Crippen molar-refractivity contribution in [2.75, 3.05) is 13.1 Å². The van der Waals surface area contributed by atoms with Crippen molar-refractivity contribution in [2.24, 2.45) is 5.73 Å². The van der Waals surface area contributed by atoms with Gasteiger partial charge in [-0.05, 0) is 30.5 Å². The third kappa shape index (κ3) is 6.53. The van der Waals surface area contributed by atoms with Crippen LogP contribution in [0.1, 0.15) is 18.4 Å². The zero-order valence-corrected chi connectivity index (χ0v) is 13.0. The summed E-state index contributed by atoms with van der Waals surface area (Å²) >= 11 is 0. The van der Waals surface area contributed by atoms with Crippen LogP contribution in [0.3, 0.4) is 0 Å². The summed E-state index contributed by atoms with van der Waals surface area (Å²) in [4.78, 5) is 34.0. The Hall–Kier alpha value is -2.81. The molecule has 0 aromatic heterocycles. The number of carboxylic acids is 1. The second kappa shape index (κ2) is 9.36. The molecule has 1 atom stereocenters. The molecule has 0 aliphatic heterocycles. The number of carbonyl (C=O) groups is 3. The molecule has 0 saturated carbocycles. The van der Waals surface area contributed by atoms with E-state index in [1.54, 1.807) is 6.07 Å². The van der Waals surface area contributed by atoms with Crippen LogP contribution in [0.15, 0.2) is 18.2 Å². The number of nitrogens with one attached hydrogen (secondary N) is 2. The van der Waals surface area contributed by atoms with Crippen molar-refractivity contribution in [3.05, 3.63) is 23.8 Å². The number of aromatic hydroxyl groups is 2. The second-order valence-electron chi connectivity index (χ2n) is 5.12. The van der Waals surface area contributed by atoms with Crippen molar-refractivity contribution in [1.82, 2.24) is 10.6 Å². The number of benzene rings is 1. The first-order valence-corrected chi connectivity index (χ1v) is 7.33. The lowest BCUT2D eigenvalue weighted by atomic mass is 10.1. The molecule has 132 valence electrons. The summed E-state index contributed by atoms with van der Waals surface area (Å²) < 4.78 is 0. The first-order chi connectivity index (χ1) is 11.3. The van der Waals surface area contributed by atoms with E-state index in [1.165, 1.54) is 12.1 Å². The maximum atomic E-state index is 12.1. The molecule has 2 amide bonds. The molecule has 9 nitrogen and oxygen atoms in total. The number of phenolic OH excluding ortho intramolecular Hbond substituents is 2. The second-order valence-corrected chi connectivity index (χ2v) is 5.12. The zero-order chi connectivity index (χ0) is 18.1. The van der Waals surface area contributed by atoms with Gasteiger partial charge in [0.1, 0.15) is 6.04 Å². The van der Waals surface area contributed by atoms with E-state index in [9.17, 15) is 24.6 Å². The Morgan fingerprint density at radius 2 is 1.88 bits per heavy atom. The van der Waals surface area contributed by atoms with Gasteiger partial charge in [-0.2, -0.15) is 0 Å². The summed E-state index contributed by atoms with van der Waals surface area (Å²) in [6, 6.07) is 3.33. The Bertz CT molecular complexity index is 605. The number of hydrogen-bond acceptors (Lipinski definition) is 6. The first kappa shape index (κ1) is 19.2. The van der Waals surface area contributed by atoms with Gasteiger partial charge in [0.25, 0.3) is 0 Å². The molecule has 1 rings (SSSR count). The van der Waals surface area contributed by atoms with Crippen molar-refractivity contribution in [3.63, 3.8) is 0 Å². The fourth-order valence-corrected chi connectivity index (χ4v) is 1.97. The van der Waals surface area contributed by atoms with Gasteiger partial charge in [-0.1, -0.05) is 6.07 Å². The summed E-state index contributed by atoms with van der Waals surface area (Å²) in [5.74, 6) is -2.63. The Morgan fingerprint density at radius 3 is 2.46 bits per heavy atom. The molecule has 1 aromatic carbocycles. The maximum Gasteiger partial charge on any atom is 0.303 e. The van der Waals surface area contributed by atoms with Crippen LogP contribution in [0.25, 0.3) is 0 Å². The summed E-state index contributed by atoms with van der Waals surface area (Å²) in [7, 11) is 0. The van der Waals surface area contributed by atoms with Crippen LogP contribution < -0.4 is 16.4 Å². The van der Waals surface area contributed by atoms with Gasteiger partial charge in [0.15, 0.2) is 11.5 Å². The van der Waals surface area contributed by atoms with Crippen LogP contribution in [0.4, 0.5) is 0 Å². The standard InChI is InChI=1S/C15H21N3O6/c16-8-13(21)18-10(2-4-14(22)23)15(24)17-6-5-9-1-3-11(19)12(20)7-9/h1,3,7,10,19-20H,2,4-6,8,16H2,(H,17,24)(H,18,21)(H,22,23)/t10-/m0/s1. The van der Waals surface area contributed by atoms with Gasteiger partial charge in [0, 0.05) is 13.0 Å².